The van der Waals surface area contributed by atoms with Crippen LogP contribution in [-0.4, -0.2) is 10.9 Å². The SMILES string of the molecule is Nc1cc(Br)cc(C(=O)Nc2ccc3[nH]ccc3c2)c1. The van der Waals surface area contributed by atoms with Crippen molar-refractivity contribution in [2.45, 2.75) is 0 Å². The Balaban J connectivity index is 1.87. The minimum Gasteiger partial charge on any atom is -0.399 e. The molecule has 4 N–H and O–H groups in total. The average Bonchev–Trinajstić information content (AvgIpc) is 2.85. The van der Waals surface area contributed by atoms with E-state index in [9.17, 15) is 4.79 Å². The molecule has 0 saturated heterocycles. The van der Waals surface area contributed by atoms with Crippen LogP contribution in [-0.2, 0) is 0 Å². The molecule has 3 aromatic rings. The Kier molecular flexibility index (Phi) is 3.20. The quantitative estimate of drug-likeness (QED) is 0.626. The third-order valence-corrected chi connectivity index (χ3v) is 3.45. The Morgan fingerprint density at radius 2 is 2.00 bits per heavy atom. The number of anilines is 2. The molecule has 5 heteroatoms. The van der Waals surface area contributed by atoms with E-state index in [4.69, 9.17) is 5.73 Å². The predicted octanol–water partition coefficient (Wildman–Crippen LogP) is 3.76. The van der Waals surface area contributed by atoms with Gasteiger partial charge in [-0.1, -0.05) is 15.9 Å². The smallest absolute Gasteiger partial charge is 0.255 e. The van der Waals surface area contributed by atoms with E-state index in [1.807, 2.05) is 30.5 Å². The van der Waals surface area contributed by atoms with Crippen LogP contribution in [0.5, 0.6) is 0 Å². The molecule has 1 amide bonds. The van der Waals surface area contributed by atoms with Crippen molar-refractivity contribution in [2.75, 3.05) is 11.1 Å². The number of nitrogens with two attached hydrogens (primary N) is 1. The summed E-state index contributed by atoms with van der Waals surface area (Å²) in [7, 11) is 0. The molecular weight excluding hydrogens is 318 g/mol. The van der Waals surface area contributed by atoms with Crippen LogP contribution in [0, 0.1) is 0 Å². The molecule has 0 aliphatic heterocycles. The maximum Gasteiger partial charge on any atom is 0.255 e. The second-order valence-corrected chi connectivity index (χ2v) is 5.42. The zero-order valence-electron chi connectivity index (χ0n) is 10.5. The first-order valence-corrected chi connectivity index (χ1v) is 6.86. The molecule has 0 aliphatic rings. The van der Waals surface area contributed by atoms with Gasteiger partial charge in [0.2, 0.25) is 0 Å². The van der Waals surface area contributed by atoms with Gasteiger partial charge in [0.15, 0.2) is 0 Å². The fourth-order valence-corrected chi connectivity index (χ4v) is 2.59. The highest BCUT2D eigenvalue weighted by atomic mass is 79.9. The molecule has 0 radical (unpaired) electrons. The Bertz CT molecular complexity index is 774. The van der Waals surface area contributed by atoms with Crippen molar-refractivity contribution in [3.63, 3.8) is 0 Å². The summed E-state index contributed by atoms with van der Waals surface area (Å²) >= 11 is 3.33. The first-order chi connectivity index (χ1) is 9.61. The van der Waals surface area contributed by atoms with Crippen LogP contribution in [0.2, 0.25) is 0 Å². The Morgan fingerprint density at radius 1 is 1.15 bits per heavy atom. The number of H-pyrrole nitrogens is 1. The van der Waals surface area contributed by atoms with Gasteiger partial charge in [-0.25, -0.2) is 0 Å². The molecule has 2 aromatic carbocycles. The fraction of sp³-hybridized carbons (Fsp3) is 0. The van der Waals surface area contributed by atoms with Crippen molar-refractivity contribution < 1.29 is 4.79 Å². The van der Waals surface area contributed by atoms with Crippen LogP contribution >= 0.6 is 15.9 Å². The summed E-state index contributed by atoms with van der Waals surface area (Å²) in [6.45, 7) is 0. The third-order valence-electron chi connectivity index (χ3n) is 2.99. The van der Waals surface area contributed by atoms with Gasteiger partial charge in [-0.15, -0.1) is 0 Å². The lowest BCUT2D eigenvalue weighted by Crippen LogP contribution is -2.12. The van der Waals surface area contributed by atoms with Crippen LogP contribution in [0.25, 0.3) is 10.9 Å². The lowest BCUT2D eigenvalue weighted by atomic mass is 10.1. The number of hydrogen-bond acceptors (Lipinski definition) is 2. The lowest BCUT2D eigenvalue weighted by Gasteiger charge is -2.07. The molecule has 0 spiro atoms. The van der Waals surface area contributed by atoms with E-state index in [2.05, 4.69) is 26.2 Å². The molecule has 0 atom stereocenters. The van der Waals surface area contributed by atoms with Gasteiger partial charge >= 0.3 is 0 Å². The second kappa shape index (κ2) is 5.02. The molecule has 0 aliphatic carbocycles. The molecular formula is C15H12BrN3O. The van der Waals surface area contributed by atoms with Gasteiger partial charge in [0.05, 0.1) is 0 Å². The summed E-state index contributed by atoms with van der Waals surface area (Å²) in [5.74, 6) is -0.187. The summed E-state index contributed by atoms with van der Waals surface area (Å²) < 4.78 is 0.781. The van der Waals surface area contributed by atoms with Crippen LogP contribution < -0.4 is 11.1 Å². The fourth-order valence-electron chi connectivity index (χ4n) is 2.08. The molecule has 1 heterocycles. The molecule has 1 aromatic heterocycles. The number of fused-ring (bicyclic) bond motifs is 1. The van der Waals surface area contributed by atoms with Gasteiger partial charge in [-0.2, -0.15) is 0 Å². The topological polar surface area (TPSA) is 70.9 Å². The van der Waals surface area contributed by atoms with Crippen molar-refractivity contribution in [1.82, 2.24) is 4.98 Å². The maximum atomic E-state index is 12.2. The number of halogens is 1. The summed E-state index contributed by atoms with van der Waals surface area (Å²) in [6.07, 6.45) is 1.87. The molecule has 0 unspecified atom stereocenters. The average molecular weight is 330 g/mol. The highest BCUT2D eigenvalue weighted by Gasteiger charge is 2.08. The lowest BCUT2D eigenvalue weighted by molar-refractivity contribution is 0.102. The summed E-state index contributed by atoms with van der Waals surface area (Å²) in [5.41, 5.74) is 8.59. The minimum atomic E-state index is -0.187. The Morgan fingerprint density at radius 3 is 2.80 bits per heavy atom. The monoisotopic (exact) mass is 329 g/mol. The third kappa shape index (κ3) is 2.53. The number of rotatable bonds is 2. The number of carbonyl (C=O) groups is 1. The van der Waals surface area contributed by atoms with Crippen molar-refractivity contribution in [1.29, 1.82) is 0 Å². The molecule has 0 saturated carbocycles. The van der Waals surface area contributed by atoms with Gasteiger partial charge in [-0.3, -0.25) is 4.79 Å². The number of hydrogen-bond donors (Lipinski definition) is 3. The number of aromatic amines is 1. The van der Waals surface area contributed by atoms with Gasteiger partial charge in [0, 0.05) is 38.5 Å². The first kappa shape index (κ1) is 12.7. The van der Waals surface area contributed by atoms with E-state index in [1.165, 1.54) is 0 Å². The van der Waals surface area contributed by atoms with Crippen molar-refractivity contribution >= 4 is 44.1 Å². The van der Waals surface area contributed by atoms with Crippen LogP contribution in [0.15, 0.2) is 53.1 Å². The number of nitrogen functional groups attached to an aromatic ring is 1. The minimum absolute atomic E-state index is 0.187. The standard InChI is InChI=1S/C15H12BrN3O/c16-11-5-10(6-12(17)8-11)15(20)19-13-1-2-14-9(7-13)3-4-18-14/h1-8,18H,17H2,(H,19,20). The normalized spacial score (nSPS) is 10.7. The van der Waals surface area contributed by atoms with Gasteiger partial charge in [-0.05, 0) is 42.5 Å². The molecule has 0 fully saturated rings. The number of carbonyl (C=O) groups excluding carboxylic acids is 1. The van der Waals surface area contributed by atoms with Crippen LogP contribution in [0.4, 0.5) is 11.4 Å². The highest BCUT2D eigenvalue weighted by Crippen LogP contribution is 2.21. The molecule has 100 valence electrons. The van der Waals surface area contributed by atoms with Crippen molar-refractivity contribution in [3.8, 4) is 0 Å². The summed E-state index contributed by atoms with van der Waals surface area (Å²) in [4.78, 5) is 15.3. The second-order valence-electron chi connectivity index (χ2n) is 4.51. The molecule has 0 bridgehead atoms. The van der Waals surface area contributed by atoms with E-state index < -0.39 is 0 Å². The van der Waals surface area contributed by atoms with E-state index in [1.54, 1.807) is 18.2 Å². The zero-order chi connectivity index (χ0) is 14.1. The first-order valence-electron chi connectivity index (χ1n) is 6.06. The van der Waals surface area contributed by atoms with Crippen LogP contribution in [0.1, 0.15) is 10.4 Å². The number of benzene rings is 2. The Hall–Kier alpha value is -2.27. The molecule has 20 heavy (non-hydrogen) atoms. The maximum absolute atomic E-state index is 12.2. The molecule has 4 nitrogen and oxygen atoms in total. The number of aromatic nitrogens is 1. The zero-order valence-corrected chi connectivity index (χ0v) is 12.1. The largest absolute Gasteiger partial charge is 0.399 e. The van der Waals surface area contributed by atoms with E-state index >= 15 is 0 Å². The number of amides is 1. The van der Waals surface area contributed by atoms with Crippen molar-refractivity contribution in [3.05, 3.63) is 58.7 Å². The van der Waals surface area contributed by atoms with Crippen molar-refractivity contribution in [2.24, 2.45) is 0 Å². The van der Waals surface area contributed by atoms with E-state index in [0.717, 1.165) is 21.1 Å². The van der Waals surface area contributed by atoms with E-state index in [-0.39, 0.29) is 5.91 Å². The molecule has 3 rings (SSSR count). The van der Waals surface area contributed by atoms with E-state index in [0.29, 0.717) is 11.3 Å². The summed E-state index contributed by atoms with van der Waals surface area (Å²) in [5, 5.41) is 3.92. The highest BCUT2D eigenvalue weighted by molar-refractivity contribution is 9.10. The predicted molar refractivity (Wildman–Crippen MR) is 84.8 cm³/mol. The Labute approximate surface area is 124 Å². The number of nitrogens with one attached hydrogen (secondary N) is 2. The van der Waals surface area contributed by atoms with Gasteiger partial charge in [0.25, 0.3) is 5.91 Å². The van der Waals surface area contributed by atoms with Crippen LogP contribution in [0.3, 0.4) is 0 Å². The summed E-state index contributed by atoms with van der Waals surface area (Å²) in [6, 6.07) is 12.8. The van der Waals surface area contributed by atoms with Gasteiger partial charge < -0.3 is 16.0 Å². The van der Waals surface area contributed by atoms with Gasteiger partial charge in [0.1, 0.15) is 0 Å².